The number of phenols is 1. The molecule has 8 nitrogen and oxygen atoms in total. The monoisotopic (exact) mass is 762 g/mol. The molecule has 0 aromatic heterocycles. The van der Waals surface area contributed by atoms with Crippen LogP contribution in [0.4, 0.5) is 0 Å². The van der Waals surface area contributed by atoms with Crippen LogP contribution in [0.1, 0.15) is 111 Å². The maximum Gasteiger partial charge on any atom is 0.350 e. The van der Waals surface area contributed by atoms with Gasteiger partial charge >= 0.3 is 5.97 Å². The molecule has 0 aliphatic rings. The third kappa shape index (κ3) is 11.7. The lowest BCUT2D eigenvalue weighted by Crippen LogP contribution is -2.43. The van der Waals surface area contributed by atoms with E-state index in [9.17, 15) is 19.5 Å². The van der Waals surface area contributed by atoms with E-state index in [1.54, 1.807) is 52.4 Å². The zero-order valence-electron chi connectivity index (χ0n) is 35.7. The molecule has 0 saturated carbocycles. The van der Waals surface area contributed by atoms with Gasteiger partial charge in [-0.05, 0) is 206 Å². The molecule has 0 heterocycles. The molecule has 1 N–H and O–H groups in total. The Morgan fingerprint density at radius 3 is 1.16 bits per heavy atom. The number of benzene rings is 4. The molecule has 4 rings (SSSR count). The van der Waals surface area contributed by atoms with E-state index in [1.807, 2.05) is 125 Å². The summed E-state index contributed by atoms with van der Waals surface area (Å²) in [6.07, 6.45) is 6.70. The van der Waals surface area contributed by atoms with Crippen molar-refractivity contribution in [2.75, 3.05) is 14.2 Å². The Morgan fingerprint density at radius 1 is 0.518 bits per heavy atom. The maximum absolute atomic E-state index is 12.7. The van der Waals surface area contributed by atoms with Gasteiger partial charge in [-0.2, -0.15) is 0 Å². The van der Waals surface area contributed by atoms with E-state index >= 15 is 0 Å². The summed E-state index contributed by atoms with van der Waals surface area (Å²) in [5, 5.41) is 9.79. The molecule has 0 spiro atoms. The summed E-state index contributed by atoms with van der Waals surface area (Å²) in [5.41, 5.74) is 8.39. The van der Waals surface area contributed by atoms with Crippen molar-refractivity contribution in [3.8, 4) is 23.0 Å². The lowest BCUT2D eigenvalue weighted by Gasteiger charge is -2.30. The molecule has 0 unspecified atom stereocenters. The predicted molar refractivity (Wildman–Crippen MR) is 226 cm³/mol. The van der Waals surface area contributed by atoms with Crippen molar-refractivity contribution in [3.05, 3.63) is 127 Å². The van der Waals surface area contributed by atoms with Crippen molar-refractivity contribution >= 4 is 29.7 Å². The highest BCUT2D eigenvalue weighted by atomic mass is 16.6. The van der Waals surface area contributed by atoms with Gasteiger partial charge in [-0.25, -0.2) is 4.79 Å². The van der Waals surface area contributed by atoms with E-state index in [0.29, 0.717) is 22.6 Å². The summed E-state index contributed by atoms with van der Waals surface area (Å²) in [6, 6.07) is 14.9. The van der Waals surface area contributed by atoms with Crippen molar-refractivity contribution in [1.29, 1.82) is 0 Å². The van der Waals surface area contributed by atoms with Crippen LogP contribution < -0.4 is 14.2 Å². The Morgan fingerprint density at radius 2 is 0.839 bits per heavy atom. The number of esters is 1. The number of rotatable bonds is 11. The second-order valence-electron chi connectivity index (χ2n) is 15.8. The average molecular weight is 763 g/mol. The average Bonchev–Trinajstić information content (AvgIpc) is 3.09. The zero-order chi connectivity index (χ0) is 42.3. The standard InChI is InChI=1S/C28H36O5.C20H22O3/c1-17-13-21(11-12-23(29)22-15-19(3)24(31-10)20(4)16-22)14-18(2)25(17)32-28(8,9)26(30)33-27(5,6)7;1-12-8-16(9-13(2)19(12)22)6-7-18(21)17-10-14(3)20(23-5)15(4)11-17/h11-16H,1-10H3;6-11,22H,1-5H3/b12-11+;7-6+. The first-order chi connectivity index (χ1) is 26.0. The molecular weight excluding hydrogens is 705 g/mol. The van der Waals surface area contributed by atoms with Gasteiger partial charge in [0, 0.05) is 11.1 Å². The first-order valence-corrected chi connectivity index (χ1v) is 18.6. The molecule has 0 fully saturated rings. The second kappa shape index (κ2) is 18.3. The molecule has 0 amide bonds. The predicted octanol–water partition coefficient (Wildman–Crippen LogP) is 10.9. The van der Waals surface area contributed by atoms with Crippen LogP contribution in [-0.4, -0.2) is 48.1 Å². The molecule has 56 heavy (non-hydrogen) atoms. The third-order valence-electron chi connectivity index (χ3n) is 9.00. The van der Waals surface area contributed by atoms with Gasteiger partial charge in [-0.1, -0.05) is 12.2 Å². The Labute approximate surface area is 333 Å². The SMILES string of the molecule is COc1c(C)cc(C(=O)/C=C/c2cc(C)c(O)c(C)c2)cc1C.COc1c(C)cc(C(=O)/C=C/c2cc(C)c(OC(C)(C)C(=O)OC(C)(C)C)c(C)c2)cc1C. The fourth-order valence-electron chi connectivity index (χ4n) is 6.39. The summed E-state index contributed by atoms with van der Waals surface area (Å²) in [4.78, 5) is 37.7. The van der Waals surface area contributed by atoms with Gasteiger partial charge in [-0.3, -0.25) is 9.59 Å². The summed E-state index contributed by atoms with van der Waals surface area (Å²) in [6.45, 7) is 24.1. The Kier molecular flexibility index (Phi) is 14.7. The summed E-state index contributed by atoms with van der Waals surface area (Å²) >= 11 is 0. The molecule has 0 radical (unpaired) electrons. The van der Waals surface area contributed by atoms with Crippen molar-refractivity contribution in [2.24, 2.45) is 0 Å². The number of carbonyl (C=O) groups is 3. The fraction of sp³-hybridized carbons (Fsp3) is 0.354. The number of allylic oxidation sites excluding steroid dienone is 2. The molecule has 4 aromatic carbocycles. The minimum Gasteiger partial charge on any atom is -0.507 e. The largest absolute Gasteiger partial charge is 0.507 e. The van der Waals surface area contributed by atoms with Crippen molar-refractivity contribution in [3.63, 3.8) is 0 Å². The summed E-state index contributed by atoms with van der Waals surface area (Å²) in [5.74, 6) is 1.99. The van der Waals surface area contributed by atoms with Crippen LogP contribution >= 0.6 is 0 Å². The topological polar surface area (TPSA) is 108 Å². The number of methoxy groups -OCH3 is 2. The van der Waals surface area contributed by atoms with Crippen molar-refractivity contribution < 1.29 is 38.4 Å². The number of hydrogen-bond acceptors (Lipinski definition) is 8. The number of ketones is 2. The highest BCUT2D eigenvalue weighted by Gasteiger charge is 2.35. The third-order valence-corrected chi connectivity index (χ3v) is 9.00. The molecule has 8 heteroatoms. The summed E-state index contributed by atoms with van der Waals surface area (Å²) in [7, 11) is 3.26. The van der Waals surface area contributed by atoms with E-state index in [2.05, 4.69) is 0 Å². The summed E-state index contributed by atoms with van der Waals surface area (Å²) < 4.78 is 22.3. The zero-order valence-corrected chi connectivity index (χ0v) is 35.7. The van der Waals surface area contributed by atoms with E-state index < -0.39 is 17.2 Å². The van der Waals surface area contributed by atoms with E-state index in [4.69, 9.17) is 18.9 Å². The minimum atomic E-state index is -1.14. The minimum absolute atomic E-state index is 0.0535. The number of hydrogen-bond donors (Lipinski definition) is 1. The smallest absolute Gasteiger partial charge is 0.350 e. The van der Waals surface area contributed by atoms with Gasteiger partial charge in [0.05, 0.1) is 14.2 Å². The second-order valence-corrected chi connectivity index (χ2v) is 15.8. The number of ether oxygens (including phenoxy) is 4. The lowest BCUT2D eigenvalue weighted by atomic mass is 10.0. The number of phenolic OH excluding ortho intramolecular Hbond substituents is 1. The quantitative estimate of drug-likeness (QED) is 0.0914. The molecule has 0 bridgehead atoms. The highest BCUT2D eigenvalue weighted by Crippen LogP contribution is 2.31. The van der Waals surface area contributed by atoms with Crippen LogP contribution in [0.2, 0.25) is 0 Å². The van der Waals surface area contributed by atoms with Crippen LogP contribution in [0, 0.1) is 55.4 Å². The molecule has 0 saturated heterocycles. The van der Waals surface area contributed by atoms with Crippen molar-refractivity contribution in [2.45, 2.75) is 101 Å². The van der Waals surface area contributed by atoms with Crippen LogP contribution in [0.5, 0.6) is 23.0 Å². The van der Waals surface area contributed by atoms with Gasteiger partial charge in [-0.15, -0.1) is 0 Å². The Bertz CT molecular complexity index is 2080. The molecule has 298 valence electrons. The van der Waals surface area contributed by atoms with Gasteiger partial charge in [0.25, 0.3) is 0 Å². The molecule has 0 aliphatic carbocycles. The maximum atomic E-state index is 12.7. The normalized spacial score (nSPS) is 11.6. The van der Waals surface area contributed by atoms with Crippen LogP contribution in [0.25, 0.3) is 12.2 Å². The van der Waals surface area contributed by atoms with E-state index in [-0.39, 0.29) is 11.6 Å². The van der Waals surface area contributed by atoms with Gasteiger partial charge < -0.3 is 24.1 Å². The highest BCUT2D eigenvalue weighted by molar-refractivity contribution is 6.08. The molecule has 4 aromatic rings. The number of aromatic hydroxyl groups is 1. The number of carbonyl (C=O) groups excluding carboxylic acids is 3. The molecule has 0 aliphatic heterocycles. The fourth-order valence-corrected chi connectivity index (χ4v) is 6.39. The van der Waals surface area contributed by atoms with E-state index in [0.717, 1.165) is 67.1 Å². The van der Waals surface area contributed by atoms with Crippen LogP contribution in [0.3, 0.4) is 0 Å². The van der Waals surface area contributed by atoms with Crippen LogP contribution in [0.15, 0.2) is 60.7 Å². The Balaban J connectivity index is 0.000000320. The van der Waals surface area contributed by atoms with Crippen LogP contribution in [-0.2, 0) is 9.53 Å². The lowest BCUT2D eigenvalue weighted by molar-refractivity contribution is -0.171. The van der Waals surface area contributed by atoms with Gasteiger partial charge in [0.2, 0.25) is 0 Å². The first-order valence-electron chi connectivity index (χ1n) is 18.6. The van der Waals surface area contributed by atoms with Gasteiger partial charge in [0.15, 0.2) is 17.2 Å². The first kappa shape index (κ1) is 44.8. The molecule has 0 atom stereocenters. The van der Waals surface area contributed by atoms with Gasteiger partial charge in [0.1, 0.15) is 28.6 Å². The van der Waals surface area contributed by atoms with E-state index in [1.165, 1.54) is 0 Å². The number of aryl methyl sites for hydroxylation is 8. The Hall–Kier alpha value is -5.63. The van der Waals surface area contributed by atoms with Crippen molar-refractivity contribution in [1.82, 2.24) is 0 Å². The molecular formula is C48H58O8.